The van der Waals surface area contributed by atoms with E-state index in [1.165, 1.54) is 16.9 Å². The minimum Gasteiger partial charge on any atom is -0.508 e. The summed E-state index contributed by atoms with van der Waals surface area (Å²) in [5.41, 5.74) is 6.77. The fraction of sp³-hybridized carbons (Fsp3) is 0.154. The number of rotatable bonds is 3. The first-order valence-electron chi connectivity index (χ1n) is 6.05. The Morgan fingerprint density at radius 1 is 1.48 bits per heavy atom. The van der Waals surface area contributed by atoms with E-state index in [-0.39, 0.29) is 23.0 Å². The Kier molecular flexibility index (Phi) is 3.79. The summed E-state index contributed by atoms with van der Waals surface area (Å²) in [5, 5.41) is 27.8. The van der Waals surface area contributed by atoms with Crippen LogP contribution in [0, 0.1) is 6.92 Å². The first-order chi connectivity index (χ1) is 9.93. The number of nitrogens with one attached hydrogen (secondary N) is 1. The van der Waals surface area contributed by atoms with E-state index in [1.54, 1.807) is 26.1 Å². The second-order valence-electron chi connectivity index (χ2n) is 4.47. The summed E-state index contributed by atoms with van der Waals surface area (Å²) in [7, 11) is 1.61. The molecule has 0 unspecified atom stereocenters. The van der Waals surface area contributed by atoms with Crippen molar-refractivity contribution in [2.75, 3.05) is 5.32 Å². The highest BCUT2D eigenvalue weighted by atomic mass is 16.4. The molecular weight excluding hydrogens is 274 g/mol. The summed E-state index contributed by atoms with van der Waals surface area (Å²) in [4.78, 5) is 12.2. The smallest absolute Gasteiger partial charge is 0.256 e. The Bertz CT molecular complexity index is 721. The van der Waals surface area contributed by atoms with Gasteiger partial charge in [-0.25, -0.2) is 0 Å². The molecule has 0 saturated carbocycles. The molecule has 0 spiro atoms. The van der Waals surface area contributed by atoms with E-state index in [4.69, 9.17) is 10.9 Å². The fourth-order valence-electron chi connectivity index (χ4n) is 1.76. The number of carbonyl (C=O) groups is 1. The van der Waals surface area contributed by atoms with E-state index in [9.17, 15) is 9.90 Å². The third-order valence-electron chi connectivity index (χ3n) is 3.03. The largest absolute Gasteiger partial charge is 0.508 e. The molecule has 8 heteroatoms. The first-order valence-corrected chi connectivity index (χ1v) is 6.05. The van der Waals surface area contributed by atoms with E-state index in [2.05, 4.69) is 15.6 Å². The van der Waals surface area contributed by atoms with Gasteiger partial charge in [0.2, 0.25) is 0 Å². The summed E-state index contributed by atoms with van der Waals surface area (Å²) in [6.07, 6.45) is 1.37. The van der Waals surface area contributed by atoms with Gasteiger partial charge in [-0.05, 0) is 24.6 Å². The molecule has 0 aliphatic heterocycles. The number of nitrogens with two attached hydrogens (primary N) is 1. The van der Waals surface area contributed by atoms with Gasteiger partial charge in [0, 0.05) is 12.6 Å². The van der Waals surface area contributed by atoms with Gasteiger partial charge in [0.25, 0.3) is 5.91 Å². The second-order valence-corrected chi connectivity index (χ2v) is 4.47. The zero-order valence-electron chi connectivity index (χ0n) is 11.5. The number of hydrogen-bond acceptors (Lipinski definition) is 5. The number of phenolic OH excluding ortho intramolecular Hbond substituents is 1. The van der Waals surface area contributed by atoms with Crippen molar-refractivity contribution >= 4 is 17.6 Å². The number of aromatic nitrogens is 2. The van der Waals surface area contributed by atoms with Gasteiger partial charge in [-0.1, -0.05) is 11.2 Å². The van der Waals surface area contributed by atoms with E-state index in [0.717, 1.165) is 0 Å². The highest BCUT2D eigenvalue weighted by Gasteiger charge is 2.16. The van der Waals surface area contributed by atoms with Crippen LogP contribution in [0.3, 0.4) is 0 Å². The first kappa shape index (κ1) is 14.4. The third kappa shape index (κ3) is 2.78. The number of anilines is 1. The molecule has 1 amide bonds. The van der Waals surface area contributed by atoms with E-state index in [1.807, 2.05) is 0 Å². The zero-order chi connectivity index (χ0) is 15.6. The number of hydrogen-bond donors (Lipinski definition) is 4. The van der Waals surface area contributed by atoms with E-state index >= 15 is 0 Å². The molecule has 1 aromatic heterocycles. The number of aryl methyl sites for hydroxylation is 2. The maximum absolute atomic E-state index is 12.2. The molecule has 0 aliphatic rings. The van der Waals surface area contributed by atoms with E-state index in [0.29, 0.717) is 11.1 Å². The third-order valence-corrected chi connectivity index (χ3v) is 3.03. The van der Waals surface area contributed by atoms with Crippen LogP contribution in [0.15, 0.2) is 29.6 Å². The summed E-state index contributed by atoms with van der Waals surface area (Å²) < 4.78 is 1.39. The summed E-state index contributed by atoms with van der Waals surface area (Å²) in [6, 6.07) is 4.59. The average Bonchev–Trinajstić information content (AvgIpc) is 2.82. The molecule has 1 aromatic carbocycles. The lowest BCUT2D eigenvalue weighted by atomic mass is 10.1. The van der Waals surface area contributed by atoms with Gasteiger partial charge in [0.15, 0.2) is 5.84 Å². The quantitative estimate of drug-likeness (QED) is 0.287. The van der Waals surface area contributed by atoms with Crippen LogP contribution in [0.4, 0.5) is 5.82 Å². The highest BCUT2D eigenvalue weighted by Crippen LogP contribution is 2.19. The average molecular weight is 289 g/mol. The molecular formula is C13H15N5O3. The lowest BCUT2D eigenvalue weighted by Crippen LogP contribution is -2.20. The molecule has 0 aliphatic carbocycles. The van der Waals surface area contributed by atoms with Crippen molar-refractivity contribution in [3.05, 3.63) is 41.1 Å². The maximum atomic E-state index is 12.2. The highest BCUT2D eigenvalue weighted by molar-refractivity contribution is 6.09. The Morgan fingerprint density at radius 2 is 2.19 bits per heavy atom. The normalized spacial score (nSPS) is 11.4. The monoisotopic (exact) mass is 289 g/mol. The van der Waals surface area contributed by atoms with Crippen molar-refractivity contribution in [3.63, 3.8) is 0 Å². The molecule has 5 N–H and O–H groups in total. The Labute approximate surface area is 120 Å². The number of oxime groups is 1. The molecule has 1 heterocycles. The predicted molar refractivity (Wildman–Crippen MR) is 76.5 cm³/mol. The standard InChI is InChI=1S/C13H15N5O3/c1-7-3-4-8(5-10(7)19)13(20)16-12-9(11(14)17-21)6-15-18(12)2/h3-6,19,21H,1-2H3,(H2,14,17)(H,16,20). The number of amidine groups is 1. The van der Waals surface area contributed by atoms with Crippen molar-refractivity contribution in [2.24, 2.45) is 17.9 Å². The molecule has 2 aromatic rings. The van der Waals surface area contributed by atoms with Gasteiger partial charge in [-0.3, -0.25) is 9.48 Å². The van der Waals surface area contributed by atoms with Crippen LogP contribution in [0.1, 0.15) is 21.5 Å². The number of amides is 1. The van der Waals surface area contributed by atoms with Crippen LogP contribution in [0.2, 0.25) is 0 Å². The van der Waals surface area contributed by atoms with Crippen molar-refractivity contribution < 1.29 is 15.1 Å². The fourth-order valence-corrected chi connectivity index (χ4v) is 1.76. The van der Waals surface area contributed by atoms with Crippen molar-refractivity contribution in [2.45, 2.75) is 6.92 Å². The SMILES string of the molecule is Cc1ccc(C(=O)Nc2c(C(N)=NO)cnn2C)cc1O. The molecule has 0 fully saturated rings. The molecule has 110 valence electrons. The van der Waals surface area contributed by atoms with Gasteiger partial charge in [-0.2, -0.15) is 5.10 Å². The molecule has 0 atom stereocenters. The van der Waals surface area contributed by atoms with Crippen molar-refractivity contribution in [1.29, 1.82) is 0 Å². The van der Waals surface area contributed by atoms with Gasteiger partial charge in [0.1, 0.15) is 11.6 Å². The van der Waals surface area contributed by atoms with Crippen molar-refractivity contribution in [3.8, 4) is 5.75 Å². The van der Waals surface area contributed by atoms with Gasteiger partial charge in [-0.15, -0.1) is 0 Å². The molecule has 0 radical (unpaired) electrons. The van der Waals surface area contributed by atoms with E-state index < -0.39 is 5.91 Å². The van der Waals surface area contributed by atoms with Gasteiger partial charge in [0.05, 0.1) is 11.8 Å². The van der Waals surface area contributed by atoms with Crippen LogP contribution in [-0.2, 0) is 7.05 Å². The Hall–Kier alpha value is -3.03. The number of benzene rings is 1. The molecule has 8 nitrogen and oxygen atoms in total. The minimum atomic E-state index is -0.444. The van der Waals surface area contributed by atoms with Gasteiger partial charge >= 0.3 is 0 Å². The number of carbonyl (C=O) groups excluding carboxylic acids is 1. The summed E-state index contributed by atoms with van der Waals surface area (Å²) in [6.45, 7) is 1.73. The van der Waals surface area contributed by atoms with Crippen LogP contribution in [0.25, 0.3) is 0 Å². The van der Waals surface area contributed by atoms with Crippen LogP contribution in [0.5, 0.6) is 5.75 Å². The Morgan fingerprint density at radius 3 is 2.81 bits per heavy atom. The lowest BCUT2D eigenvalue weighted by molar-refractivity contribution is 0.102. The lowest BCUT2D eigenvalue weighted by Gasteiger charge is -2.08. The topological polar surface area (TPSA) is 126 Å². The molecule has 2 rings (SSSR count). The van der Waals surface area contributed by atoms with Crippen LogP contribution < -0.4 is 11.1 Å². The van der Waals surface area contributed by atoms with Crippen LogP contribution in [-0.4, -0.2) is 31.8 Å². The number of phenols is 1. The molecule has 0 bridgehead atoms. The summed E-state index contributed by atoms with van der Waals surface area (Å²) >= 11 is 0. The molecule has 0 saturated heterocycles. The van der Waals surface area contributed by atoms with Crippen molar-refractivity contribution in [1.82, 2.24) is 9.78 Å². The maximum Gasteiger partial charge on any atom is 0.256 e. The predicted octanol–water partition coefficient (Wildman–Crippen LogP) is 0.781. The number of aromatic hydroxyl groups is 1. The minimum absolute atomic E-state index is 0.0318. The number of nitrogens with zero attached hydrogens (tertiary/aromatic N) is 3. The second kappa shape index (κ2) is 5.53. The zero-order valence-corrected chi connectivity index (χ0v) is 11.5. The molecule has 21 heavy (non-hydrogen) atoms. The van der Waals surface area contributed by atoms with Gasteiger partial charge < -0.3 is 21.4 Å². The Balaban J connectivity index is 2.31. The van der Waals surface area contributed by atoms with Crippen LogP contribution >= 0.6 is 0 Å². The summed E-state index contributed by atoms with van der Waals surface area (Å²) in [5.74, 6) is -0.286.